The van der Waals surface area contributed by atoms with Crippen LogP contribution in [0.5, 0.6) is 0 Å². The number of nitrogens with zero attached hydrogens (tertiary/aromatic N) is 2. The molecule has 0 aromatic carbocycles. The normalized spacial score (nSPS) is 10.9. The van der Waals surface area contributed by atoms with Crippen LogP contribution in [-0.2, 0) is 6.54 Å². The lowest BCUT2D eigenvalue weighted by molar-refractivity contribution is 0.217. The van der Waals surface area contributed by atoms with Crippen LogP contribution in [0.15, 0.2) is 4.79 Å². The second-order valence-corrected chi connectivity index (χ2v) is 6.61. The molecule has 0 saturated heterocycles. The van der Waals surface area contributed by atoms with Gasteiger partial charge < -0.3 is 15.2 Å². The lowest BCUT2D eigenvalue weighted by Gasteiger charge is -2.12. The van der Waals surface area contributed by atoms with E-state index in [1.165, 1.54) is 20.8 Å². The zero-order chi connectivity index (χ0) is 15.7. The van der Waals surface area contributed by atoms with Gasteiger partial charge in [-0.3, -0.25) is 9.36 Å². The molecule has 0 saturated carbocycles. The fourth-order valence-corrected chi connectivity index (χ4v) is 3.39. The van der Waals surface area contributed by atoms with Gasteiger partial charge in [0, 0.05) is 32.1 Å². The van der Waals surface area contributed by atoms with Gasteiger partial charge in [0.15, 0.2) is 4.77 Å². The summed E-state index contributed by atoms with van der Waals surface area (Å²) in [7, 11) is 3.33. The molecule has 8 heteroatoms. The molecule has 0 aliphatic heterocycles. The quantitative estimate of drug-likeness (QED) is 0.848. The number of rotatable bonds is 3. The van der Waals surface area contributed by atoms with Crippen LogP contribution in [0.3, 0.4) is 0 Å². The first-order chi connectivity index (χ1) is 9.82. The van der Waals surface area contributed by atoms with E-state index in [2.05, 4.69) is 10.3 Å². The van der Waals surface area contributed by atoms with Gasteiger partial charge in [-0.15, -0.1) is 11.3 Å². The first kappa shape index (κ1) is 15.7. The molecule has 0 aliphatic rings. The average molecular weight is 326 g/mol. The van der Waals surface area contributed by atoms with Gasteiger partial charge in [0.1, 0.15) is 4.83 Å². The van der Waals surface area contributed by atoms with Crippen LogP contribution in [0.4, 0.5) is 4.79 Å². The summed E-state index contributed by atoms with van der Waals surface area (Å²) in [4.78, 5) is 30.5. The van der Waals surface area contributed by atoms with Crippen molar-refractivity contribution in [3.05, 3.63) is 25.6 Å². The standard InChI is InChI=1S/C13H18N4O2S2/c1-7-8(2)21-10-9(7)11(18)17(13(20)15-10)6-5-14-12(19)16(3)4/h5-6H2,1-4H3,(H,14,19)(H,15,20). The van der Waals surface area contributed by atoms with E-state index in [4.69, 9.17) is 12.2 Å². The fourth-order valence-electron chi connectivity index (χ4n) is 2.00. The highest BCUT2D eigenvalue weighted by molar-refractivity contribution is 7.71. The van der Waals surface area contributed by atoms with Crippen molar-refractivity contribution < 1.29 is 4.79 Å². The van der Waals surface area contributed by atoms with Crippen LogP contribution in [0.1, 0.15) is 10.4 Å². The van der Waals surface area contributed by atoms with Crippen molar-refractivity contribution in [1.82, 2.24) is 19.8 Å². The number of H-pyrrole nitrogens is 1. The van der Waals surface area contributed by atoms with Gasteiger partial charge in [-0.2, -0.15) is 0 Å². The fraction of sp³-hybridized carbons (Fsp3) is 0.462. The van der Waals surface area contributed by atoms with Gasteiger partial charge in [0.05, 0.1) is 5.39 Å². The SMILES string of the molecule is Cc1sc2[nH]c(=S)n(CCNC(=O)N(C)C)c(=O)c2c1C. The van der Waals surface area contributed by atoms with Gasteiger partial charge >= 0.3 is 6.03 Å². The highest BCUT2D eigenvalue weighted by Gasteiger charge is 2.12. The summed E-state index contributed by atoms with van der Waals surface area (Å²) in [6, 6.07) is -0.193. The zero-order valence-corrected chi connectivity index (χ0v) is 14.1. The van der Waals surface area contributed by atoms with Crippen LogP contribution >= 0.6 is 23.6 Å². The Bertz CT molecular complexity index is 801. The predicted molar refractivity (Wildman–Crippen MR) is 87.8 cm³/mol. The van der Waals surface area contributed by atoms with Gasteiger partial charge in [-0.1, -0.05) is 0 Å². The van der Waals surface area contributed by atoms with Crippen LogP contribution < -0.4 is 10.9 Å². The van der Waals surface area contributed by atoms with Crippen molar-refractivity contribution in [1.29, 1.82) is 0 Å². The minimum atomic E-state index is -0.193. The molecule has 0 radical (unpaired) electrons. The Kier molecular flexibility index (Phi) is 4.48. The summed E-state index contributed by atoms with van der Waals surface area (Å²) in [5, 5.41) is 3.41. The first-order valence-electron chi connectivity index (χ1n) is 6.51. The average Bonchev–Trinajstić information content (AvgIpc) is 2.68. The van der Waals surface area contributed by atoms with E-state index in [1.807, 2.05) is 13.8 Å². The number of thiophene rings is 1. The molecule has 0 atom stereocenters. The summed E-state index contributed by atoms with van der Waals surface area (Å²) in [5.41, 5.74) is 0.882. The molecular weight excluding hydrogens is 308 g/mol. The lowest BCUT2D eigenvalue weighted by atomic mass is 10.2. The molecule has 6 nitrogen and oxygen atoms in total. The molecule has 0 spiro atoms. The van der Waals surface area contributed by atoms with Crippen LogP contribution in [-0.4, -0.2) is 41.1 Å². The molecule has 2 aromatic rings. The number of nitrogens with one attached hydrogen (secondary N) is 2. The van der Waals surface area contributed by atoms with E-state index in [-0.39, 0.29) is 11.6 Å². The van der Waals surface area contributed by atoms with E-state index >= 15 is 0 Å². The largest absolute Gasteiger partial charge is 0.336 e. The lowest BCUT2D eigenvalue weighted by Crippen LogP contribution is -2.37. The zero-order valence-electron chi connectivity index (χ0n) is 12.4. The third-order valence-corrected chi connectivity index (χ3v) is 4.77. The third kappa shape index (κ3) is 3.01. The summed E-state index contributed by atoms with van der Waals surface area (Å²) in [5.74, 6) is 0. The van der Waals surface area contributed by atoms with Crippen LogP contribution in [0.25, 0.3) is 10.2 Å². The number of aromatic amines is 1. The highest BCUT2D eigenvalue weighted by Crippen LogP contribution is 2.25. The van der Waals surface area contributed by atoms with E-state index < -0.39 is 0 Å². The second-order valence-electron chi connectivity index (χ2n) is 5.00. The Morgan fingerprint density at radius 2 is 2.10 bits per heavy atom. The maximum absolute atomic E-state index is 12.6. The number of hydrogen-bond donors (Lipinski definition) is 2. The van der Waals surface area contributed by atoms with Crippen molar-refractivity contribution in [3.63, 3.8) is 0 Å². The molecule has 2 rings (SSSR count). The minimum Gasteiger partial charge on any atom is -0.336 e. The number of aryl methyl sites for hydroxylation is 2. The Hall–Kier alpha value is -1.67. The molecule has 2 aromatic heterocycles. The summed E-state index contributed by atoms with van der Waals surface area (Å²) in [6.07, 6.45) is 0. The smallest absolute Gasteiger partial charge is 0.316 e. The number of hydrogen-bond acceptors (Lipinski definition) is 4. The molecule has 0 unspecified atom stereocenters. The Balaban J connectivity index is 2.32. The van der Waals surface area contributed by atoms with Crippen LogP contribution in [0.2, 0.25) is 0 Å². The summed E-state index contributed by atoms with van der Waals surface area (Å²) < 4.78 is 1.88. The first-order valence-corrected chi connectivity index (χ1v) is 7.73. The van der Waals surface area contributed by atoms with Crippen molar-refractivity contribution in [2.75, 3.05) is 20.6 Å². The Labute approximate surface area is 131 Å². The predicted octanol–water partition coefficient (Wildman–Crippen LogP) is 2.01. The maximum atomic E-state index is 12.6. The molecule has 0 bridgehead atoms. The molecule has 2 amide bonds. The van der Waals surface area contributed by atoms with Gasteiger partial charge in [0.25, 0.3) is 5.56 Å². The highest BCUT2D eigenvalue weighted by atomic mass is 32.1. The number of urea groups is 1. The van der Waals surface area contributed by atoms with E-state index in [1.54, 1.807) is 14.1 Å². The number of fused-ring (bicyclic) bond motifs is 1. The minimum absolute atomic E-state index is 0.102. The molecule has 2 heterocycles. The van der Waals surface area contributed by atoms with E-state index in [9.17, 15) is 9.59 Å². The monoisotopic (exact) mass is 326 g/mol. The molecule has 2 N–H and O–H groups in total. The van der Waals surface area contributed by atoms with Gasteiger partial charge in [-0.25, -0.2) is 4.79 Å². The van der Waals surface area contributed by atoms with Crippen molar-refractivity contribution >= 4 is 39.8 Å². The van der Waals surface area contributed by atoms with Crippen molar-refractivity contribution in [2.45, 2.75) is 20.4 Å². The van der Waals surface area contributed by atoms with Gasteiger partial charge in [-0.05, 0) is 31.6 Å². The maximum Gasteiger partial charge on any atom is 0.316 e. The molecular formula is C13H18N4O2S2. The van der Waals surface area contributed by atoms with E-state index in [0.29, 0.717) is 23.2 Å². The number of amides is 2. The number of carbonyl (C=O) groups is 1. The molecule has 0 fully saturated rings. The summed E-state index contributed by atoms with van der Waals surface area (Å²) in [6.45, 7) is 4.61. The Morgan fingerprint density at radius 1 is 1.43 bits per heavy atom. The second kappa shape index (κ2) is 5.98. The van der Waals surface area contributed by atoms with Crippen LogP contribution in [0, 0.1) is 18.6 Å². The van der Waals surface area contributed by atoms with Gasteiger partial charge in [0.2, 0.25) is 0 Å². The number of aromatic nitrogens is 2. The summed E-state index contributed by atoms with van der Waals surface area (Å²) >= 11 is 6.78. The van der Waals surface area contributed by atoms with Crippen molar-refractivity contribution in [2.24, 2.45) is 0 Å². The number of carbonyl (C=O) groups excluding carboxylic acids is 1. The van der Waals surface area contributed by atoms with E-state index in [0.717, 1.165) is 15.3 Å². The van der Waals surface area contributed by atoms with Crippen molar-refractivity contribution in [3.8, 4) is 0 Å². The Morgan fingerprint density at radius 3 is 2.71 bits per heavy atom. The molecule has 21 heavy (non-hydrogen) atoms. The topological polar surface area (TPSA) is 70.1 Å². The third-order valence-electron chi connectivity index (χ3n) is 3.33. The molecule has 0 aliphatic carbocycles. The molecule has 114 valence electrons.